The molecule has 1 aliphatic rings. The van der Waals surface area contributed by atoms with Crippen molar-refractivity contribution in [2.75, 3.05) is 0 Å². The maximum Gasteiger partial charge on any atom is 0.207 e. The quantitative estimate of drug-likeness (QED) is 0.171. The van der Waals surface area contributed by atoms with Crippen molar-refractivity contribution in [3.63, 3.8) is 0 Å². The minimum atomic E-state index is -0.363. The number of aromatic nitrogens is 2. The highest BCUT2D eigenvalue weighted by atomic mass is 16.3. The van der Waals surface area contributed by atoms with E-state index in [1.165, 1.54) is 87.3 Å². The van der Waals surface area contributed by atoms with Crippen molar-refractivity contribution in [1.82, 2.24) is 9.97 Å². The molecule has 2 heterocycles. The lowest BCUT2D eigenvalue weighted by Gasteiger charge is -2.25. The predicted molar refractivity (Wildman–Crippen MR) is 230 cm³/mol. The van der Waals surface area contributed by atoms with E-state index in [-0.39, 0.29) is 5.41 Å². The van der Waals surface area contributed by atoms with Crippen molar-refractivity contribution in [3.8, 4) is 22.3 Å². The minimum Gasteiger partial charge on any atom is -0.438 e. The molecule has 2 aromatic heterocycles. The molecular formula is C52H36N2O. The molecule has 1 unspecified atom stereocenters. The first-order valence-corrected chi connectivity index (χ1v) is 19.0. The van der Waals surface area contributed by atoms with Crippen LogP contribution in [0.25, 0.3) is 92.9 Å². The third kappa shape index (κ3) is 5.04. The topological polar surface area (TPSA) is 38.9 Å². The summed E-state index contributed by atoms with van der Waals surface area (Å²) in [5.41, 5.74) is 9.34. The van der Waals surface area contributed by atoms with Crippen molar-refractivity contribution >= 4 is 70.7 Å². The molecule has 1 aliphatic carbocycles. The SMILES string of the molecule is Cc1ccc2oc(C3(C)C=CC(c4ccc5c(c4)c(-c4cccc6ccccc46)cc4c6ccccc6c(-c6cccc7ccccc67)cc54)=CC3)nc2n1. The molecule has 3 heteroatoms. The number of pyridine rings is 1. The maximum absolute atomic E-state index is 6.25. The Bertz CT molecular complexity index is 3260. The van der Waals surface area contributed by atoms with E-state index in [4.69, 9.17) is 9.40 Å². The lowest BCUT2D eigenvalue weighted by atomic mass is 9.80. The Kier molecular flexibility index (Phi) is 6.96. The molecular weight excluding hydrogens is 669 g/mol. The Labute approximate surface area is 318 Å². The van der Waals surface area contributed by atoms with E-state index in [9.17, 15) is 0 Å². The molecule has 11 rings (SSSR count). The Morgan fingerprint density at radius 1 is 0.509 bits per heavy atom. The Hall–Kier alpha value is -6.84. The number of fused-ring (bicyclic) bond motifs is 8. The fourth-order valence-electron chi connectivity index (χ4n) is 8.81. The molecule has 10 aromatic rings. The molecule has 0 spiro atoms. The number of hydrogen-bond acceptors (Lipinski definition) is 3. The number of benzene rings is 8. The van der Waals surface area contributed by atoms with E-state index in [2.05, 4.69) is 170 Å². The van der Waals surface area contributed by atoms with E-state index in [0.717, 1.165) is 17.7 Å². The van der Waals surface area contributed by atoms with Crippen molar-refractivity contribution in [1.29, 1.82) is 0 Å². The summed E-state index contributed by atoms with van der Waals surface area (Å²) in [6.07, 6.45) is 7.60. The van der Waals surface area contributed by atoms with Gasteiger partial charge in [-0.25, -0.2) is 4.98 Å². The summed E-state index contributed by atoms with van der Waals surface area (Å²) in [6, 6.07) is 55.6. The molecule has 1 atom stereocenters. The molecule has 0 saturated carbocycles. The van der Waals surface area contributed by atoms with Gasteiger partial charge in [0.15, 0.2) is 11.2 Å². The molecule has 0 radical (unpaired) electrons. The monoisotopic (exact) mass is 704 g/mol. The second kappa shape index (κ2) is 12.1. The van der Waals surface area contributed by atoms with Gasteiger partial charge in [0, 0.05) is 5.69 Å². The first-order chi connectivity index (χ1) is 27.0. The largest absolute Gasteiger partial charge is 0.438 e. The lowest BCUT2D eigenvalue weighted by molar-refractivity contribution is 0.420. The van der Waals surface area contributed by atoms with Crippen LogP contribution in [0.2, 0.25) is 0 Å². The van der Waals surface area contributed by atoms with Crippen molar-refractivity contribution in [2.24, 2.45) is 0 Å². The van der Waals surface area contributed by atoms with E-state index in [1.807, 2.05) is 19.1 Å². The average molecular weight is 705 g/mol. The summed E-state index contributed by atoms with van der Waals surface area (Å²) in [4.78, 5) is 9.41. The zero-order chi connectivity index (χ0) is 36.7. The van der Waals surface area contributed by atoms with E-state index >= 15 is 0 Å². The summed E-state index contributed by atoms with van der Waals surface area (Å²) in [7, 11) is 0. The molecule has 0 saturated heterocycles. The number of allylic oxidation sites excluding steroid dienone is 4. The highest BCUT2D eigenvalue weighted by molar-refractivity contribution is 6.25. The molecule has 0 bridgehead atoms. The van der Waals surface area contributed by atoms with Crippen LogP contribution in [-0.4, -0.2) is 9.97 Å². The van der Waals surface area contributed by atoms with Crippen LogP contribution in [0, 0.1) is 6.92 Å². The number of aryl methyl sites for hydroxylation is 1. The fraction of sp³-hybridized carbons (Fsp3) is 0.0769. The zero-order valence-electron chi connectivity index (χ0n) is 30.7. The predicted octanol–water partition coefficient (Wildman–Crippen LogP) is 13.9. The minimum absolute atomic E-state index is 0.363. The van der Waals surface area contributed by atoms with Gasteiger partial charge in [0.2, 0.25) is 5.89 Å². The smallest absolute Gasteiger partial charge is 0.207 e. The van der Waals surface area contributed by atoms with E-state index in [0.29, 0.717) is 11.5 Å². The molecule has 0 N–H and O–H groups in total. The van der Waals surface area contributed by atoms with Crippen molar-refractivity contribution < 1.29 is 4.42 Å². The van der Waals surface area contributed by atoms with Crippen LogP contribution >= 0.6 is 0 Å². The van der Waals surface area contributed by atoms with Gasteiger partial charge in [-0.2, -0.15) is 4.98 Å². The number of oxazole rings is 1. The zero-order valence-corrected chi connectivity index (χ0v) is 30.7. The van der Waals surface area contributed by atoms with Crippen LogP contribution in [0.3, 0.4) is 0 Å². The standard InChI is InChI=1S/C52H36N2O/c1-32-21-24-49-50(53-32)54-51(55-49)52(2)27-25-33(26-28-52)36-22-23-43-44(29-36)46(40-20-10-14-35-12-4-6-16-38(35)40)31-47-42-18-8-7-17-41(42)45(30-48(43)47)39-19-9-13-34-11-3-5-15-37(34)39/h3-27,29-31H,28H2,1-2H3. The lowest BCUT2D eigenvalue weighted by Crippen LogP contribution is -2.20. The second-order valence-electron chi connectivity index (χ2n) is 15.2. The van der Waals surface area contributed by atoms with Gasteiger partial charge in [-0.05, 0) is 138 Å². The molecule has 0 aliphatic heterocycles. The van der Waals surface area contributed by atoms with Gasteiger partial charge in [-0.15, -0.1) is 0 Å². The van der Waals surface area contributed by atoms with Gasteiger partial charge in [-0.3, -0.25) is 0 Å². The Morgan fingerprint density at radius 2 is 1.11 bits per heavy atom. The molecule has 3 nitrogen and oxygen atoms in total. The number of nitrogens with zero attached hydrogens (tertiary/aromatic N) is 2. The van der Waals surface area contributed by atoms with Crippen LogP contribution in [0.5, 0.6) is 0 Å². The van der Waals surface area contributed by atoms with Crippen LogP contribution in [0.4, 0.5) is 0 Å². The summed E-state index contributed by atoms with van der Waals surface area (Å²) >= 11 is 0. The van der Waals surface area contributed by atoms with Gasteiger partial charge < -0.3 is 4.42 Å². The number of hydrogen-bond donors (Lipinski definition) is 0. The third-order valence-corrected chi connectivity index (χ3v) is 11.7. The van der Waals surface area contributed by atoms with Crippen molar-refractivity contribution in [2.45, 2.75) is 25.7 Å². The van der Waals surface area contributed by atoms with Crippen LogP contribution in [0.15, 0.2) is 174 Å². The summed E-state index contributed by atoms with van der Waals surface area (Å²) in [6.45, 7) is 4.17. The molecule has 260 valence electrons. The van der Waals surface area contributed by atoms with Crippen LogP contribution < -0.4 is 0 Å². The summed E-state index contributed by atoms with van der Waals surface area (Å²) in [5.74, 6) is 0.699. The first-order valence-electron chi connectivity index (χ1n) is 19.0. The summed E-state index contributed by atoms with van der Waals surface area (Å²) < 4.78 is 6.25. The Morgan fingerprint density at radius 3 is 1.78 bits per heavy atom. The van der Waals surface area contributed by atoms with Gasteiger partial charge >= 0.3 is 0 Å². The van der Waals surface area contributed by atoms with Gasteiger partial charge in [-0.1, -0.05) is 140 Å². The molecule has 0 fully saturated rings. The maximum atomic E-state index is 6.25. The van der Waals surface area contributed by atoms with Crippen LogP contribution in [-0.2, 0) is 5.41 Å². The van der Waals surface area contributed by atoms with Crippen LogP contribution in [0.1, 0.15) is 30.5 Å². The summed E-state index contributed by atoms with van der Waals surface area (Å²) in [5, 5.41) is 12.5. The van der Waals surface area contributed by atoms with Gasteiger partial charge in [0.25, 0.3) is 0 Å². The highest BCUT2D eigenvalue weighted by Gasteiger charge is 2.31. The Balaban J connectivity index is 1.14. The normalized spacial score (nSPS) is 15.9. The molecule has 0 amide bonds. The second-order valence-corrected chi connectivity index (χ2v) is 15.2. The molecule has 8 aromatic carbocycles. The highest BCUT2D eigenvalue weighted by Crippen LogP contribution is 2.45. The van der Waals surface area contributed by atoms with Crippen molar-refractivity contribution in [3.05, 3.63) is 187 Å². The third-order valence-electron chi connectivity index (χ3n) is 11.7. The molecule has 55 heavy (non-hydrogen) atoms. The van der Waals surface area contributed by atoms with Gasteiger partial charge in [0.1, 0.15) is 0 Å². The number of rotatable bonds is 4. The van der Waals surface area contributed by atoms with E-state index < -0.39 is 0 Å². The fourth-order valence-corrected chi connectivity index (χ4v) is 8.81. The first kappa shape index (κ1) is 31.7. The van der Waals surface area contributed by atoms with Gasteiger partial charge in [0.05, 0.1) is 5.41 Å². The average Bonchev–Trinajstić information content (AvgIpc) is 3.67. The van der Waals surface area contributed by atoms with E-state index in [1.54, 1.807) is 0 Å².